The van der Waals surface area contributed by atoms with Crippen LogP contribution in [0.4, 0.5) is 0 Å². The smallest absolute Gasteiger partial charge is 0.177 e. The molecule has 0 bridgehead atoms. The predicted molar refractivity (Wildman–Crippen MR) is 80.4 cm³/mol. The van der Waals surface area contributed by atoms with Crippen LogP contribution in [0.1, 0.15) is 34.3 Å². The number of ketones is 1. The Morgan fingerprint density at radius 1 is 1.00 bits per heavy atom. The van der Waals surface area contributed by atoms with Crippen molar-refractivity contribution in [2.45, 2.75) is 12.8 Å². The summed E-state index contributed by atoms with van der Waals surface area (Å²) in [6.45, 7) is 2.50. The van der Waals surface area contributed by atoms with Crippen LogP contribution < -0.4 is 0 Å². The summed E-state index contributed by atoms with van der Waals surface area (Å²) in [5.74, 6) is -0.307. The van der Waals surface area contributed by atoms with Gasteiger partial charge in [-0.2, -0.15) is 0 Å². The lowest BCUT2D eigenvalue weighted by atomic mass is 9.93. The molecule has 1 unspecified atom stereocenters. The average Bonchev–Trinajstić information content (AvgIpc) is 2.73. The summed E-state index contributed by atoms with van der Waals surface area (Å²) in [4.78, 5) is 17.1. The van der Waals surface area contributed by atoms with Crippen LogP contribution in [0.5, 0.6) is 11.5 Å². The van der Waals surface area contributed by atoms with E-state index in [1.165, 1.54) is 6.07 Å². The van der Waals surface area contributed by atoms with Gasteiger partial charge in [0.25, 0.3) is 0 Å². The van der Waals surface area contributed by atoms with Crippen molar-refractivity contribution < 1.29 is 15.0 Å². The van der Waals surface area contributed by atoms with E-state index in [2.05, 4.69) is 4.99 Å². The average molecular weight is 281 g/mol. The summed E-state index contributed by atoms with van der Waals surface area (Å²) in [5.41, 5.74) is 2.79. The standard InChI is InChI=1S/C17H15NO3/c1-2-18-16-13-8-7-12(20)9-14(13)17(21)15(16)10-3-5-11(19)6-4-10/h3-9,15,19-20H,2H2,1H3. The number of aliphatic imine (C=N–C) groups is 1. The minimum atomic E-state index is -0.470. The van der Waals surface area contributed by atoms with Crippen molar-refractivity contribution in [3.63, 3.8) is 0 Å². The molecule has 0 saturated heterocycles. The minimum absolute atomic E-state index is 0.0706. The Morgan fingerprint density at radius 3 is 2.33 bits per heavy atom. The third-order valence-corrected chi connectivity index (χ3v) is 3.64. The normalized spacial score (nSPS) is 19.0. The van der Waals surface area contributed by atoms with Crippen LogP contribution in [0.2, 0.25) is 0 Å². The molecule has 4 nitrogen and oxygen atoms in total. The van der Waals surface area contributed by atoms with E-state index in [9.17, 15) is 15.0 Å². The van der Waals surface area contributed by atoms with E-state index >= 15 is 0 Å². The topological polar surface area (TPSA) is 69.9 Å². The number of phenols is 2. The van der Waals surface area contributed by atoms with Gasteiger partial charge < -0.3 is 10.2 Å². The lowest BCUT2D eigenvalue weighted by Gasteiger charge is -2.11. The van der Waals surface area contributed by atoms with Gasteiger partial charge in [-0.1, -0.05) is 12.1 Å². The molecule has 21 heavy (non-hydrogen) atoms. The molecule has 3 rings (SSSR count). The summed E-state index contributed by atoms with van der Waals surface area (Å²) < 4.78 is 0. The molecule has 4 heteroatoms. The largest absolute Gasteiger partial charge is 0.508 e. The Labute approximate surface area is 122 Å². The maximum Gasteiger partial charge on any atom is 0.177 e. The van der Waals surface area contributed by atoms with Crippen LogP contribution >= 0.6 is 0 Å². The van der Waals surface area contributed by atoms with Crippen molar-refractivity contribution in [1.29, 1.82) is 0 Å². The van der Waals surface area contributed by atoms with Gasteiger partial charge in [-0.3, -0.25) is 9.79 Å². The zero-order valence-electron chi connectivity index (χ0n) is 11.6. The minimum Gasteiger partial charge on any atom is -0.508 e. The number of phenolic OH excluding ortho intramolecular Hbond substituents is 2. The van der Waals surface area contributed by atoms with Crippen molar-refractivity contribution in [2.75, 3.05) is 6.54 Å². The lowest BCUT2D eigenvalue weighted by Crippen LogP contribution is -2.14. The summed E-state index contributed by atoms with van der Waals surface area (Å²) in [5, 5.41) is 19.0. The van der Waals surface area contributed by atoms with Crippen LogP contribution in [0.25, 0.3) is 0 Å². The molecule has 2 aromatic rings. The zero-order valence-corrected chi connectivity index (χ0v) is 11.6. The van der Waals surface area contributed by atoms with E-state index in [-0.39, 0.29) is 17.3 Å². The zero-order chi connectivity index (χ0) is 15.0. The maximum absolute atomic E-state index is 12.7. The molecule has 0 radical (unpaired) electrons. The number of Topliss-reactive ketones (excluding diaryl/α,β-unsaturated/α-hetero) is 1. The highest BCUT2D eigenvalue weighted by Crippen LogP contribution is 2.36. The van der Waals surface area contributed by atoms with Crippen molar-refractivity contribution in [3.05, 3.63) is 59.2 Å². The molecule has 2 N–H and O–H groups in total. The van der Waals surface area contributed by atoms with Crippen LogP contribution in [0.15, 0.2) is 47.5 Å². The van der Waals surface area contributed by atoms with Crippen LogP contribution in [-0.2, 0) is 0 Å². The van der Waals surface area contributed by atoms with Crippen molar-refractivity contribution in [1.82, 2.24) is 0 Å². The second-order valence-electron chi connectivity index (χ2n) is 4.98. The van der Waals surface area contributed by atoms with Gasteiger partial charge in [-0.25, -0.2) is 0 Å². The first-order chi connectivity index (χ1) is 10.1. The SMILES string of the molecule is CCN=C1c2ccc(O)cc2C(=O)C1c1ccc(O)cc1. The third-order valence-electron chi connectivity index (χ3n) is 3.64. The Kier molecular flexibility index (Phi) is 3.22. The molecule has 0 aliphatic heterocycles. The van der Waals surface area contributed by atoms with Gasteiger partial charge in [0.2, 0.25) is 0 Å². The Bertz CT molecular complexity index is 732. The molecular formula is C17H15NO3. The summed E-state index contributed by atoms with van der Waals surface area (Å²) >= 11 is 0. The second kappa shape index (κ2) is 5.05. The van der Waals surface area contributed by atoms with Gasteiger partial charge in [0.05, 0.1) is 11.6 Å². The molecule has 0 saturated carbocycles. The quantitative estimate of drug-likeness (QED) is 0.889. The molecular weight excluding hydrogens is 266 g/mol. The number of carbonyl (C=O) groups excluding carboxylic acids is 1. The van der Waals surface area contributed by atoms with E-state index in [0.29, 0.717) is 12.1 Å². The van der Waals surface area contributed by atoms with E-state index < -0.39 is 5.92 Å². The molecule has 0 amide bonds. The Balaban J connectivity index is 2.15. The molecule has 0 spiro atoms. The first-order valence-corrected chi connectivity index (χ1v) is 6.82. The predicted octanol–water partition coefficient (Wildman–Crippen LogP) is 2.89. The van der Waals surface area contributed by atoms with Crippen LogP contribution in [0.3, 0.4) is 0 Å². The van der Waals surface area contributed by atoms with Gasteiger partial charge in [-0.05, 0) is 42.8 Å². The van der Waals surface area contributed by atoms with Crippen molar-refractivity contribution in [3.8, 4) is 11.5 Å². The maximum atomic E-state index is 12.7. The lowest BCUT2D eigenvalue weighted by molar-refractivity contribution is 0.0988. The Morgan fingerprint density at radius 2 is 1.67 bits per heavy atom. The fourth-order valence-corrected chi connectivity index (χ4v) is 2.72. The summed E-state index contributed by atoms with van der Waals surface area (Å²) in [7, 11) is 0. The molecule has 1 atom stereocenters. The number of fused-ring (bicyclic) bond motifs is 1. The van der Waals surface area contributed by atoms with Crippen LogP contribution in [-0.4, -0.2) is 28.3 Å². The summed E-state index contributed by atoms with van der Waals surface area (Å²) in [6, 6.07) is 11.4. The van der Waals surface area contributed by atoms with Gasteiger partial charge >= 0.3 is 0 Å². The molecule has 0 heterocycles. The monoisotopic (exact) mass is 281 g/mol. The van der Waals surface area contributed by atoms with Gasteiger partial charge in [0.15, 0.2) is 5.78 Å². The second-order valence-corrected chi connectivity index (χ2v) is 4.98. The van der Waals surface area contributed by atoms with E-state index in [4.69, 9.17) is 0 Å². The molecule has 106 valence electrons. The van der Waals surface area contributed by atoms with Gasteiger partial charge in [-0.15, -0.1) is 0 Å². The molecule has 2 aromatic carbocycles. The fraction of sp³-hybridized carbons (Fsp3) is 0.176. The van der Waals surface area contributed by atoms with E-state index in [1.807, 2.05) is 6.92 Å². The highest BCUT2D eigenvalue weighted by atomic mass is 16.3. The highest BCUT2D eigenvalue weighted by molar-refractivity contribution is 6.31. The van der Waals surface area contributed by atoms with Gasteiger partial charge in [0, 0.05) is 17.7 Å². The number of nitrogens with zero attached hydrogens (tertiary/aromatic N) is 1. The number of hydrogen-bond donors (Lipinski definition) is 2. The molecule has 0 fully saturated rings. The number of hydrogen-bond acceptors (Lipinski definition) is 4. The fourth-order valence-electron chi connectivity index (χ4n) is 2.72. The van der Waals surface area contributed by atoms with Gasteiger partial charge in [0.1, 0.15) is 11.5 Å². The van der Waals surface area contributed by atoms with Crippen LogP contribution in [0, 0.1) is 0 Å². The number of benzene rings is 2. The third kappa shape index (κ3) is 2.18. The van der Waals surface area contributed by atoms with Crippen molar-refractivity contribution >= 4 is 11.5 Å². The number of rotatable bonds is 2. The summed E-state index contributed by atoms with van der Waals surface area (Å²) in [6.07, 6.45) is 0. The van der Waals surface area contributed by atoms with Crippen molar-refractivity contribution in [2.24, 2.45) is 4.99 Å². The first kappa shape index (κ1) is 13.4. The van der Waals surface area contributed by atoms with E-state index in [0.717, 1.165) is 16.8 Å². The number of aromatic hydroxyl groups is 2. The molecule has 1 aliphatic carbocycles. The number of carbonyl (C=O) groups is 1. The first-order valence-electron chi connectivity index (χ1n) is 6.82. The van der Waals surface area contributed by atoms with E-state index in [1.54, 1.807) is 36.4 Å². The Hall–Kier alpha value is -2.62. The molecule has 1 aliphatic rings. The molecule has 0 aromatic heterocycles. The highest BCUT2D eigenvalue weighted by Gasteiger charge is 2.37.